The number of anilines is 1. The predicted octanol–water partition coefficient (Wildman–Crippen LogP) is 4.33. The molecule has 0 radical (unpaired) electrons. The largest absolute Gasteiger partial charge is 0.456 e. The van der Waals surface area contributed by atoms with Crippen LogP contribution in [0.25, 0.3) is 0 Å². The third-order valence-electron chi connectivity index (χ3n) is 2.11. The van der Waals surface area contributed by atoms with Crippen LogP contribution in [-0.4, -0.2) is 12.0 Å². The number of aromatic nitrogens is 1. The first kappa shape index (κ1) is 12.2. The number of nitrogens with zero attached hydrogens (tertiary/aromatic N) is 1. The topological polar surface area (TPSA) is 34.1 Å². The fourth-order valence-corrected chi connectivity index (χ4v) is 2.06. The second-order valence-corrected chi connectivity index (χ2v) is 4.59. The van der Waals surface area contributed by atoms with E-state index in [1.165, 1.54) is 0 Å². The summed E-state index contributed by atoms with van der Waals surface area (Å²) in [6.07, 6.45) is 1.69. The molecule has 1 aromatic carbocycles. The third kappa shape index (κ3) is 3.11. The first-order valence-corrected chi connectivity index (χ1v) is 6.13. The average Bonchev–Trinajstić information content (AvgIpc) is 2.33. The van der Waals surface area contributed by atoms with E-state index in [1.54, 1.807) is 24.4 Å². The van der Waals surface area contributed by atoms with E-state index >= 15 is 0 Å². The average molecular weight is 314 g/mol. The van der Waals surface area contributed by atoms with Crippen molar-refractivity contribution in [3.05, 3.63) is 46.0 Å². The molecule has 3 nitrogen and oxygen atoms in total. The highest BCUT2D eigenvalue weighted by atomic mass is 79.9. The van der Waals surface area contributed by atoms with E-state index in [-0.39, 0.29) is 0 Å². The van der Waals surface area contributed by atoms with Crippen molar-refractivity contribution in [2.45, 2.75) is 0 Å². The normalized spacial score (nSPS) is 10.1. The number of ether oxygens (including phenoxy) is 1. The number of halogens is 2. The lowest BCUT2D eigenvalue weighted by Crippen LogP contribution is -1.92. The smallest absolute Gasteiger partial charge is 0.141 e. The van der Waals surface area contributed by atoms with Crippen LogP contribution in [0.3, 0.4) is 0 Å². The number of rotatable bonds is 3. The van der Waals surface area contributed by atoms with Gasteiger partial charge in [-0.1, -0.05) is 11.6 Å². The fourth-order valence-electron chi connectivity index (χ4n) is 1.30. The van der Waals surface area contributed by atoms with Gasteiger partial charge in [-0.15, -0.1) is 0 Å². The van der Waals surface area contributed by atoms with Crippen molar-refractivity contribution in [2.24, 2.45) is 0 Å². The van der Waals surface area contributed by atoms with Gasteiger partial charge in [-0.05, 0) is 40.2 Å². The van der Waals surface area contributed by atoms with Gasteiger partial charge in [0.1, 0.15) is 17.3 Å². The molecular formula is C12H10BrClN2O. The monoisotopic (exact) mass is 312 g/mol. The predicted molar refractivity (Wildman–Crippen MR) is 73.0 cm³/mol. The van der Waals surface area contributed by atoms with Crippen molar-refractivity contribution in [3.8, 4) is 11.5 Å². The van der Waals surface area contributed by atoms with Crippen LogP contribution in [0.5, 0.6) is 11.5 Å². The van der Waals surface area contributed by atoms with Gasteiger partial charge < -0.3 is 10.1 Å². The Bertz CT molecular complexity index is 534. The molecular weight excluding hydrogens is 304 g/mol. The summed E-state index contributed by atoms with van der Waals surface area (Å²) in [6.45, 7) is 0. The highest BCUT2D eigenvalue weighted by molar-refractivity contribution is 9.10. The summed E-state index contributed by atoms with van der Waals surface area (Å²) in [4.78, 5) is 4.11. The maximum atomic E-state index is 5.86. The van der Waals surface area contributed by atoms with Gasteiger partial charge in [0.15, 0.2) is 0 Å². The van der Waals surface area contributed by atoms with E-state index in [4.69, 9.17) is 16.3 Å². The SMILES string of the molecule is CNc1cc(Oc2ccc(Cl)cc2Br)ccn1. The lowest BCUT2D eigenvalue weighted by Gasteiger charge is -2.08. The van der Waals surface area contributed by atoms with Gasteiger partial charge in [0, 0.05) is 24.3 Å². The molecule has 1 heterocycles. The standard InChI is InChI=1S/C12H10BrClN2O/c1-15-12-7-9(4-5-16-12)17-11-3-2-8(14)6-10(11)13/h2-7H,1H3,(H,15,16). The van der Waals surface area contributed by atoms with Crippen LogP contribution in [0.1, 0.15) is 0 Å². The van der Waals surface area contributed by atoms with Crippen LogP contribution >= 0.6 is 27.5 Å². The van der Waals surface area contributed by atoms with E-state index in [0.29, 0.717) is 16.5 Å². The maximum absolute atomic E-state index is 5.86. The minimum Gasteiger partial charge on any atom is -0.456 e. The van der Waals surface area contributed by atoms with Crippen LogP contribution in [-0.2, 0) is 0 Å². The molecule has 2 aromatic rings. The van der Waals surface area contributed by atoms with Crippen LogP contribution in [0.15, 0.2) is 41.0 Å². The first-order valence-electron chi connectivity index (χ1n) is 4.96. The van der Waals surface area contributed by atoms with E-state index in [1.807, 2.05) is 19.2 Å². The Balaban J connectivity index is 2.25. The number of benzene rings is 1. The van der Waals surface area contributed by atoms with Gasteiger partial charge in [-0.3, -0.25) is 0 Å². The first-order chi connectivity index (χ1) is 8.19. The van der Waals surface area contributed by atoms with Gasteiger partial charge in [0.05, 0.1) is 4.47 Å². The number of nitrogens with one attached hydrogen (secondary N) is 1. The van der Waals surface area contributed by atoms with Crippen molar-refractivity contribution in [2.75, 3.05) is 12.4 Å². The molecule has 2 rings (SSSR count). The van der Waals surface area contributed by atoms with E-state index in [9.17, 15) is 0 Å². The van der Waals surface area contributed by atoms with Gasteiger partial charge >= 0.3 is 0 Å². The molecule has 0 spiro atoms. The van der Waals surface area contributed by atoms with E-state index in [0.717, 1.165) is 10.3 Å². The number of hydrogen-bond donors (Lipinski definition) is 1. The molecule has 0 amide bonds. The molecule has 0 bridgehead atoms. The summed E-state index contributed by atoms with van der Waals surface area (Å²) in [7, 11) is 1.81. The van der Waals surface area contributed by atoms with Crippen LogP contribution in [0, 0.1) is 0 Å². The Morgan fingerprint density at radius 1 is 1.29 bits per heavy atom. The molecule has 0 aliphatic heterocycles. The molecule has 1 N–H and O–H groups in total. The Morgan fingerprint density at radius 2 is 2.12 bits per heavy atom. The fraction of sp³-hybridized carbons (Fsp3) is 0.0833. The minimum atomic E-state index is 0.662. The molecule has 17 heavy (non-hydrogen) atoms. The van der Waals surface area contributed by atoms with Crippen molar-refractivity contribution in [3.63, 3.8) is 0 Å². The summed E-state index contributed by atoms with van der Waals surface area (Å²) in [5.41, 5.74) is 0. The summed E-state index contributed by atoms with van der Waals surface area (Å²) in [5.74, 6) is 2.18. The summed E-state index contributed by atoms with van der Waals surface area (Å²) >= 11 is 9.26. The van der Waals surface area contributed by atoms with Crippen molar-refractivity contribution < 1.29 is 4.74 Å². The van der Waals surface area contributed by atoms with E-state index in [2.05, 4.69) is 26.2 Å². The Morgan fingerprint density at radius 3 is 2.82 bits per heavy atom. The molecule has 0 unspecified atom stereocenters. The lowest BCUT2D eigenvalue weighted by molar-refractivity contribution is 0.479. The molecule has 0 saturated carbocycles. The van der Waals surface area contributed by atoms with Crippen molar-refractivity contribution in [1.82, 2.24) is 4.98 Å². The molecule has 0 saturated heterocycles. The summed E-state index contributed by atoms with van der Waals surface area (Å²) in [6, 6.07) is 8.99. The molecule has 1 aromatic heterocycles. The maximum Gasteiger partial charge on any atom is 0.141 e. The zero-order valence-corrected chi connectivity index (χ0v) is 11.4. The lowest BCUT2D eigenvalue weighted by atomic mass is 10.3. The van der Waals surface area contributed by atoms with Crippen LogP contribution in [0.2, 0.25) is 5.02 Å². The Labute approximate surface area is 113 Å². The zero-order chi connectivity index (χ0) is 12.3. The second kappa shape index (κ2) is 5.38. The molecule has 0 aliphatic rings. The second-order valence-electron chi connectivity index (χ2n) is 3.30. The van der Waals surface area contributed by atoms with Gasteiger partial charge in [-0.25, -0.2) is 4.98 Å². The molecule has 0 aliphatic carbocycles. The number of pyridine rings is 1. The molecule has 88 valence electrons. The van der Waals surface area contributed by atoms with Crippen LogP contribution in [0.4, 0.5) is 5.82 Å². The van der Waals surface area contributed by atoms with Crippen LogP contribution < -0.4 is 10.1 Å². The van der Waals surface area contributed by atoms with Gasteiger partial charge in [-0.2, -0.15) is 0 Å². The van der Waals surface area contributed by atoms with E-state index < -0.39 is 0 Å². The Hall–Kier alpha value is -1.26. The Kier molecular flexibility index (Phi) is 3.86. The van der Waals surface area contributed by atoms with Crippen molar-refractivity contribution in [1.29, 1.82) is 0 Å². The van der Waals surface area contributed by atoms with Gasteiger partial charge in [0.25, 0.3) is 0 Å². The molecule has 0 fully saturated rings. The third-order valence-corrected chi connectivity index (χ3v) is 2.96. The highest BCUT2D eigenvalue weighted by Crippen LogP contribution is 2.32. The summed E-state index contributed by atoms with van der Waals surface area (Å²) < 4.78 is 6.53. The molecule has 5 heteroatoms. The van der Waals surface area contributed by atoms with Gasteiger partial charge in [0.2, 0.25) is 0 Å². The zero-order valence-electron chi connectivity index (χ0n) is 9.08. The quantitative estimate of drug-likeness (QED) is 0.915. The highest BCUT2D eigenvalue weighted by Gasteiger charge is 2.04. The summed E-state index contributed by atoms with van der Waals surface area (Å²) in [5, 5.41) is 3.61. The van der Waals surface area contributed by atoms with Crippen molar-refractivity contribution >= 4 is 33.3 Å². The minimum absolute atomic E-state index is 0.662. The molecule has 0 atom stereocenters. The number of hydrogen-bond acceptors (Lipinski definition) is 3.